The van der Waals surface area contributed by atoms with Gasteiger partial charge in [0.1, 0.15) is 0 Å². The lowest BCUT2D eigenvalue weighted by Gasteiger charge is -2.34. The molecule has 2 aliphatic rings. The molecule has 0 bridgehead atoms. The van der Waals surface area contributed by atoms with Gasteiger partial charge in [0.15, 0.2) is 5.13 Å². The van der Waals surface area contributed by atoms with Gasteiger partial charge in [0.25, 0.3) is 0 Å². The van der Waals surface area contributed by atoms with Crippen molar-refractivity contribution in [3.63, 3.8) is 0 Å². The summed E-state index contributed by atoms with van der Waals surface area (Å²) in [5, 5.41) is 4.20. The van der Waals surface area contributed by atoms with Gasteiger partial charge in [0.2, 0.25) is 11.8 Å². The third-order valence-corrected chi connectivity index (χ3v) is 7.64. The normalized spacial score (nSPS) is 18.6. The van der Waals surface area contributed by atoms with Crippen LogP contribution in [0.5, 0.6) is 0 Å². The summed E-state index contributed by atoms with van der Waals surface area (Å²) in [6, 6.07) is 6.37. The second kappa shape index (κ2) is 9.39. The number of aromatic nitrogens is 1. The molecule has 166 valence electrons. The lowest BCUT2D eigenvalue weighted by molar-refractivity contribution is -0.131. The number of amides is 2. The number of fused-ring (bicyclic) bond motifs is 1. The Bertz CT molecular complexity index is 962. The number of hydrogen-bond acceptors (Lipinski definition) is 5. The van der Waals surface area contributed by atoms with Gasteiger partial charge < -0.3 is 15.1 Å². The maximum absolute atomic E-state index is 12.8. The summed E-state index contributed by atoms with van der Waals surface area (Å²) in [5.41, 5.74) is 4.77. The van der Waals surface area contributed by atoms with E-state index in [1.54, 1.807) is 11.3 Å². The molecule has 31 heavy (non-hydrogen) atoms. The maximum Gasteiger partial charge on any atom is 0.223 e. The number of thiazole rings is 1. The minimum absolute atomic E-state index is 0.0185. The van der Waals surface area contributed by atoms with Gasteiger partial charge in [-0.3, -0.25) is 9.59 Å². The lowest BCUT2D eigenvalue weighted by atomic mass is 9.90. The van der Waals surface area contributed by atoms with Crippen LogP contribution in [0.25, 0.3) is 0 Å². The molecule has 0 saturated carbocycles. The second-order valence-corrected chi connectivity index (χ2v) is 9.74. The fraction of sp³-hybridized carbons (Fsp3) is 0.542. The molecule has 0 spiro atoms. The van der Waals surface area contributed by atoms with Gasteiger partial charge in [-0.25, -0.2) is 4.98 Å². The minimum Gasteiger partial charge on any atom is -0.352 e. The van der Waals surface area contributed by atoms with Crippen molar-refractivity contribution in [3.8, 4) is 0 Å². The fourth-order valence-corrected chi connectivity index (χ4v) is 5.65. The summed E-state index contributed by atoms with van der Waals surface area (Å²) in [4.78, 5) is 35.1. The van der Waals surface area contributed by atoms with Crippen LogP contribution in [-0.4, -0.2) is 47.9 Å². The molecular formula is C24H32N4O2S. The predicted molar refractivity (Wildman–Crippen MR) is 124 cm³/mol. The monoisotopic (exact) mass is 440 g/mol. The number of rotatable bonds is 5. The molecule has 1 fully saturated rings. The van der Waals surface area contributed by atoms with Crippen molar-refractivity contribution in [2.75, 3.05) is 31.1 Å². The van der Waals surface area contributed by atoms with Crippen molar-refractivity contribution in [2.45, 2.75) is 53.0 Å². The van der Waals surface area contributed by atoms with Crippen LogP contribution in [0, 0.1) is 19.8 Å². The summed E-state index contributed by atoms with van der Waals surface area (Å²) in [7, 11) is 0. The van der Waals surface area contributed by atoms with E-state index in [0.29, 0.717) is 13.0 Å². The Hall–Kier alpha value is -2.41. The van der Waals surface area contributed by atoms with Crippen LogP contribution in [0.4, 0.5) is 5.13 Å². The van der Waals surface area contributed by atoms with Crippen LogP contribution >= 0.6 is 11.3 Å². The number of anilines is 1. The zero-order valence-electron chi connectivity index (χ0n) is 18.7. The molecule has 2 aromatic rings. The van der Waals surface area contributed by atoms with E-state index in [-0.39, 0.29) is 17.7 Å². The molecule has 2 heterocycles. The molecule has 6 nitrogen and oxygen atoms in total. The first-order valence-electron chi connectivity index (χ1n) is 11.3. The summed E-state index contributed by atoms with van der Waals surface area (Å²) in [5.74, 6) is 0.394. The number of carbonyl (C=O) groups excluding carboxylic acids is 2. The number of benzene rings is 1. The van der Waals surface area contributed by atoms with E-state index in [1.165, 1.54) is 21.6 Å². The van der Waals surface area contributed by atoms with E-state index in [9.17, 15) is 9.59 Å². The van der Waals surface area contributed by atoms with Crippen LogP contribution in [0.15, 0.2) is 18.2 Å². The summed E-state index contributed by atoms with van der Waals surface area (Å²) in [6.07, 6.45) is 3.06. The number of piperazine rings is 1. The highest BCUT2D eigenvalue weighted by Crippen LogP contribution is 2.34. The third-order valence-electron chi connectivity index (χ3n) is 6.46. The van der Waals surface area contributed by atoms with Crippen LogP contribution in [0.2, 0.25) is 0 Å². The predicted octanol–water partition coefficient (Wildman–Crippen LogP) is 3.24. The quantitative estimate of drug-likeness (QED) is 0.775. The highest BCUT2D eigenvalue weighted by Gasteiger charge is 2.29. The summed E-state index contributed by atoms with van der Waals surface area (Å²) >= 11 is 1.73. The average Bonchev–Trinajstić information content (AvgIpc) is 3.22. The first kappa shape index (κ1) is 21.8. The van der Waals surface area contributed by atoms with E-state index >= 15 is 0 Å². The Kier molecular flexibility index (Phi) is 6.60. The number of nitrogens with one attached hydrogen (secondary N) is 1. The Morgan fingerprint density at radius 2 is 1.97 bits per heavy atom. The Morgan fingerprint density at radius 3 is 2.71 bits per heavy atom. The minimum atomic E-state index is 0.0185. The van der Waals surface area contributed by atoms with Gasteiger partial charge in [-0.05, 0) is 44.2 Å². The molecule has 1 aromatic carbocycles. The number of hydrogen-bond donors (Lipinski definition) is 1. The van der Waals surface area contributed by atoms with E-state index in [0.717, 1.165) is 56.3 Å². The molecule has 2 amide bonds. The SMILES string of the molecule is CCC(=O)N1CCN(c2nc3c(s2)C[C@@H](C(=O)NCc2cc(C)ccc2C)CC3)CC1. The molecule has 1 atom stereocenters. The molecule has 4 rings (SSSR count). The highest BCUT2D eigenvalue weighted by molar-refractivity contribution is 7.15. The van der Waals surface area contributed by atoms with E-state index in [2.05, 4.69) is 42.3 Å². The first-order valence-corrected chi connectivity index (χ1v) is 12.1. The van der Waals surface area contributed by atoms with Gasteiger partial charge in [-0.15, -0.1) is 11.3 Å². The smallest absolute Gasteiger partial charge is 0.223 e. The van der Waals surface area contributed by atoms with Crippen LogP contribution < -0.4 is 10.2 Å². The zero-order valence-corrected chi connectivity index (χ0v) is 19.6. The van der Waals surface area contributed by atoms with Crippen molar-refractivity contribution in [2.24, 2.45) is 5.92 Å². The van der Waals surface area contributed by atoms with Crippen LogP contribution in [0.1, 0.15) is 47.0 Å². The standard InChI is InChI=1S/C24H32N4O2S/c1-4-22(29)27-9-11-28(12-10-27)24-26-20-8-7-18(14-21(20)31-24)23(30)25-15-19-13-16(2)5-6-17(19)3/h5-6,13,18H,4,7-12,14-15H2,1-3H3,(H,25,30)/t18-/m0/s1. The number of aryl methyl sites for hydroxylation is 3. The molecule has 7 heteroatoms. The Morgan fingerprint density at radius 1 is 1.19 bits per heavy atom. The molecule has 1 aromatic heterocycles. The van der Waals surface area contributed by atoms with Gasteiger partial charge in [0, 0.05) is 49.9 Å². The van der Waals surface area contributed by atoms with Crippen molar-refractivity contribution in [1.82, 2.24) is 15.2 Å². The van der Waals surface area contributed by atoms with Crippen molar-refractivity contribution >= 4 is 28.3 Å². The Labute approximate surface area is 188 Å². The molecule has 1 saturated heterocycles. The molecule has 1 N–H and O–H groups in total. The molecular weight excluding hydrogens is 408 g/mol. The van der Waals surface area contributed by atoms with E-state index < -0.39 is 0 Å². The van der Waals surface area contributed by atoms with Gasteiger partial charge >= 0.3 is 0 Å². The summed E-state index contributed by atoms with van der Waals surface area (Å²) < 4.78 is 0. The first-order chi connectivity index (χ1) is 14.9. The third kappa shape index (κ3) is 4.92. The Balaban J connectivity index is 1.34. The number of nitrogens with zero attached hydrogens (tertiary/aromatic N) is 3. The molecule has 1 aliphatic carbocycles. The van der Waals surface area contributed by atoms with Gasteiger partial charge in [-0.1, -0.05) is 30.7 Å². The topological polar surface area (TPSA) is 65.5 Å². The summed E-state index contributed by atoms with van der Waals surface area (Å²) in [6.45, 7) is 9.86. The largest absolute Gasteiger partial charge is 0.352 e. The van der Waals surface area contributed by atoms with Crippen LogP contribution in [0.3, 0.4) is 0 Å². The lowest BCUT2D eigenvalue weighted by Crippen LogP contribution is -2.48. The average molecular weight is 441 g/mol. The maximum atomic E-state index is 12.8. The van der Waals surface area contributed by atoms with E-state index in [1.807, 2.05) is 11.8 Å². The zero-order chi connectivity index (χ0) is 22.0. The second-order valence-electron chi connectivity index (χ2n) is 8.68. The molecule has 1 aliphatic heterocycles. The fourth-order valence-electron chi connectivity index (χ4n) is 4.41. The highest BCUT2D eigenvalue weighted by atomic mass is 32.1. The van der Waals surface area contributed by atoms with Gasteiger partial charge in [0.05, 0.1) is 5.69 Å². The molecule has 0 radical (unpaired) electrons. The van der Waals surface area contributed by atoms with Crippen molar-refractivity contribution < 1.29 is 9.59 Å². The van der Waals surface area contributed by atoms with Crippen molar-refractivity contribution in [1.29, 1.82) is 0 Å². The van der Waals surface area contributed by atoms with Gasteiger partial charge in [-0.2, -0.15) is 0 Å². The molecule has 0 unspecified atom stereocenters. The van der Waals surface area contributed by atoms with E-state index in [4.69, 9.17) is 4.98 Å². The van der Waals surface area contributed by atoms with Crippen LogP contribution in [-0.2, 0) is 29.0 Å². The number of carbonyl (C=O) groups is 2. The van der Waals surface area contributed by atoms with Crippen molar-refractivity contribution in [3.05, 3.63) is 45.5 Å².